The Morgan fingerprint density at radius 1 is 1.41 bits per heavy atom. The number of alkyl halides is 1. The van der Waals surface area contributed by atoms with Gasteiger partial charge in [-0.25, -0.2) is 0 Å². The predicted octanol–water partition coefficient (Wildman–Crippen LogP) is 2.72. The molecule has 1 amide bonds. The molecule has 3 N–H and O–H groups in total. The Balaban J connectivity index is 2.00. The normalized spacial score (nSPS) is 54.5. The van der Waals surface area contributed by atoms with Crippen molar-refractivity contribution in [1.82, 2.24) is 5.32 Å². The van der Waals surface area contributed by atoms with E-state index in [2.05, 4.69) is 41.4 Å². The summed E-state index contributed by atoms with van der Waals surface area (Å²) < 4.78 is 13.1. The van der Waals surface area contributed by atoms with E-state index < -0.39 is 48.3 Å². The molecule has 0 radical (unpaired) electrons. The second-order valence-electron chi connectivity index (χ2n) is 11.2. The van der Waals surface area contributed by atoms with E-state index in [1.54, 1.807) is 6.92 Å². The molecular formula is C24H36INO5S. The zero-order valence-corrected chi connectivity index (χ0v) is 22.4. The highest BCUT2D eigenvalue weighted by Crippen LogP contribution is 2.79. The monoisotopic (exact) mass is 577 g/mol. The number of fused-ring (bicyclic) bond motifs is 3. The molecule has 10 atom stereocenters. The fourth-order valence-corrected chi connectivity index (χ4v) is 13.5. The fraction of sp³-hybridized carbons (Fsp3) is 0.833. The lowest BCUT2D eigenvalue weighted by atomic mass is 9.41. The molecule has 0 aromatic rings. The van der Waals surface area contributed by atoms with Crippen LogP contribution < -0.4 is 5.32 Å². The number of hydrogen-bond donors (Lipinski definition) is 3. The van der Waals surface area contributed by atoms with Crippen molar-refractivity contribution in [2.24, 2.45) is 34.0 Å². The Labute approximate surface area is 207 Å². The number of hydrogen-bond acceptors (Lipinski definition) is 5. The Kier molecular flexibility index (Phi) is 5.98. The Morgan fingerprint density at radius 2 is 2.06 bits per heavy atom. The van der Waals surface area contributed by atoms with E-state index in [9.17, 15) is 24.4 Å². The maximum absolute atomic E-state index is 14.2. The molecule has 3 aliphatic carbocycles. The molecule has 0 aromatic heterocycles. The van der Waals surface area contributed by atoms with E-state index in [1.165, 1.54) is 6.92 Å². The van der Waals surface area contributed by atoms with Crippen LogP contribution in [0.1, 0.15) is 59.8 Å². The average molecular weight is 578 g/mol. The lowest BCUT2D eigenvalue weighted by molar-refractivity contribution is -0.220. The van der Waals surface area contributed by atoms with Crippen molar-refractivity contribution >= 4 is 45.5 Å². The van der Waals surface area contributed by atoms with Gasteiger partial charge >= 0.3 is 0 Å². The van der Waals surface area contributed by atoms with Crippen molar-refractivity contribution in [3.63, 3.8) is 0 Å². The summed E-state index contributed by atoms with van der Waals surface area (Å²) in [7, 11) is 0. The lowest BCUT2D eigenvalue weighted by Gasteiger charge is -2.71. The first-order valence-electron chi connectivity index (χ1n) is 11.7. The molecule has 32 heavy (non-hydrogen) atoms. The molecule has 4 rings (SSSR count). The van der Waals surface area contributed by atoms with Crippen LogP contribution in [0, 0.1) is 34.0 Å². The van der Waals surface area contributed by atoms with E-state index >= 15 is 0 Å². The minimum absolute atomic E-state index is 0.0797. The number of allylic oxidation sites excluding steroid dienone is 1. The molecule has 1 saturated heterocycles. The van der Waals surface area contributed by atoms with Crippen molar-refractivity contribution in [3.8, 4) is 0 Å². The van der Waals surface area contributed by atoms with E-state index in [0.29, 0.717) is 19.4 Å². The summed E-state index contributed by atoms with van der Waals surface area (Å²) in [6.45, 7) is 11.6. The number of rotatable bonds is 4. The van der Waals surface area contributed by atoms with Gasteiger partial charge in [-0.15, -0.1) is 6.58 Å². The molecule has 6 nitrogen and oxygen atoms in total. The summed E-state index contributed by atoms with van der Waals surface area (Å²) in [6.07, 6.45) is 4.33. The molecule has 180 valence electrons. The van der Waals surface area contributed by atoms with Crippen molar-refractivity contribution in [2.45, 2.75) is 74.3 Å². The SMILES string of the molecule is C=C[C@]1(C)CCC[C@]2(CCNC(C)=O)[C@@H]1C[C@](C)(O)[C@]13C(=O)C(C)[C@H](C[S@+]([O-])[C@@]21I)[C@H]3O. The van der Waals surface area contributed by atoms with Gasteiger partial charge in [0.05, 0.1) is 11.7 Å². The maximum Gasteiger partial charge on any atom is 0.216 e. The van der Waals surface area contributed by atoms with Gasteiger partial charge in [0.25, 0.3) is 0 Å². The zero-order valence-electron chi connectivity index (χ0n) is 19.4. The third-order valence-electron chi connectivity index (χ3n) is 9.76. The van der Waals surface area contributed by atoms with E-state index in [4.69, 9.17) is 0 Å². The number of nitrogens with one attached hydrogen (secondary N) is 1. The molecule has 4 fully saturated rings. The minimum atomic E-state index is -1.51. The highest BCUT2D eigenvalue weighted by Gasteiger charge is 2.89. The van der Waals surface area contributed by atoms with Gasteiger partial charge in [0.2, 0.25) is 5.91 Å². The Bertz CT molecular complexity index is 852. The molecule has 1 heterocycles. The fourth-order valence-electron chi connectivity index (χ4n) is 8.20. The van der Waals surface area contributed by atoms with Crippen LogP contribution in [-0.2, 0) is 20.8 Å². The number of halogens is 1. The zero-order chi connectivity index (χ0) is 23.9. The van der Waals surface area contributed by atoms with Gasteiger partial charge in [-0.1, -0.05) is 26.3 Å². The maximum atomic E-state index is 14.2. The summed E-state index contributed by atoms with van der Waals surface area (Å²) in [5.74, 6) is -0.955. The van der Waals surface area contributed by atoms with Crippen LogP contribution in [0.5, 0.6) is 0 Å². The summed E-state index contributed by atoms with van der Waals surface area (Å²) in [5.41, 5.74) is -3.92. The van der Waals surface area contributed by atoms with Gasteiger partial charge in [-0.3, -0.25) is 9.59 Å². The smallest absolute Gasteiger partial charge is 0.216 e. The van der Waals surface area contributed by atoms with Crippen LogP contribution in [0.4, 0.5) is 0 Å². The molecule has 1 spiro atoms. The third kappa shape index (κ3) is 2.70. The van der Waals surface area contributed by atoms with E-state index in [1.807, 2.05) is 13.0 Å². The molecule has 1 aliphatic heterocycles. The molecule has 8 heteroatoms. The molecule has 2 bridgehead atoms. The summed E-state index contributed by atoms with van der Waals surface area (Å²) >= 11 is 0.782. The Hall–Kier alpha value is -0.160. The minimum Gasteiger partial charge on any atom is -0.615 e. The number of Topliss-reactive ketones (excluding diaryl/α,β-unsaturated/α-hetero) is 1. The third-order valence-corrected chi connectivity index (χ3v) is 15.2. The number of aliphatic hydroxyl groups is 2. The second kappa shape index (κ2) is 7.67. The summed E-state index contributed by atoms with van der Waals surface area (Å²) in [6, 6.07) is 0. The van der Waals surface area contributed by atoms with Crippen LogP contribution in [0.25, 0.3) is 0 Å². The molecule has 1 unspecified atom stereocenters. The standard InChI is InChI=1S/C24H36INO5S/c1-6-20(4)8-7-9-22(10-11-26-15(3)27)17(20)12-21(5,30)23-18(28)14(2)16(19(23)29)13-32(31)24(22,23)25/h6,14,16-17,19,29-30H,1,7-13H2,2-5H3,(H,26,27)/t14?,16-,17+,19+,20+,21-,22-,23+,24-,32-/m0/s1. The van der Waals surface area contributed by atoms with Gasteiger partial charge < -0.3 is 20.1 Å². The van der Waals surface area contributed by atoms with Crippen LogP contribution in [0.2, 0.25) is 0 Å². The predicted molar refractivity (Wildman–Crippen MR) is 132 cm³/mol. The average Bonchev–Trinajstić information content (AvgIpc) is 2.85. The van der Waals surface area contributed by atoms with Crippen LogP contribution in [0.3, 0.4) is 0 Å². The number of carbonyl (C=O) groups excluding carboxylic acids is 2. The molecule has 3 saturated carbocycles. The molecule has 4 aliphatic rings. The Morgan fingerprint density at radius 3 is 2.66 bits per heavy atom. The number of amides is 1. The van der Waals surface area contributed by atoms with Gasteiger partial charge in [0, 0.05) is 30.7 Å². The topological polar surface area (TPSA) is 110 Å². The quantitative estimate of drug-likeness (QED) is 0.206. The molecule has 0 aromatic carbocycles. The second-order valence-corrected chi connectivity index (χ2v) is 15.1. The number of aliphatic hydroxyl groups excluding tert-OH is 1. The van der Waals surface area contributed by atoms with Crippen molar-refractivity contribution < 1.29 is 24.4 Å². The molecular weight excluding hydrogens is 541 g/mol. The van der Waals surface area contributed by atoms with Crippen molar-refractivity contribution in [2.75, 3.05) is 12.3 Å². The van der Waals surface area contributed by atoms with Gasteiger partial charge in [0.1, 0.15) is 11.2 Å². The summed E-state index contributed by atoms with van der Waals surface area (Å²) in [5, 5.41) is 26.6. The van der Waals surface area contributed by atoms with Crippen LogP contribution >= 0.6 is 22.6 Å². The largest absolute Gasteiger partial charge is 0.615 e. The van der Waals surface area contributed by atoms with Gasteiger partial charge in [-0.05, 0) is 77.7 Å². The first-order chi connectivity index (χ1) is 14.8. The summed E-state index contributed by atoms with van der Waals surface area (Å²) in [4.78, 5) is 25.7. The van der Waals surface area contributed by atoms with Gasteiger partial charge in [-0.2, -0.15) is 0 Å². The van der Waals surface area contributed by atoms with E-state index in [-0.39, 0.29) is 28.8 Å². The van der Waals surface area contributed by atoms with Crippen LogP contribution in [-0.4, -0.2) is 53.2 Å². The highest BCUT2D eigenvalue weighted by molar-refractivity contribution is 14.1. The lowest BCUT2D eigenvalue weighted by Crippen LogP contribution is -2.81. The van der Waals surface area contributed by atoms with Crippen molar-refractivity contribution in [1.29, 1.82) is 0 Å². The van der Waals surface area contributed by atoms with Crippen LogP contribution in [0.15, 0.2) is 12.7 Å². The first-order valence-corrected chi connectivity index (χ1v) is 14.1. The van der Waals surface area contributed by atoms with Crippen molar-refractivity contribution in [3.05, 3.63) is 12.7 Å². The number of ketones is 1. The number of carbonyl (C=O) groups is 2. The van der Waals surface area contributed by atoms with E-state index in [0.717, 1.165) is 19.3 Å². The first kappa shape index (κ1) is 24.9. The highest BCUT2D eigenvalue weighted by atomic mass is 127. The van der Waals surface area contributed by atoms with Gasteiger partial charge in [0.15, 0.2) is 8.54 Å².